The van der Waals surface area contributed by atoms with Crippen LogP contribution in [0.25, 0.3) is 92.7 Å². The lowest BCUT2D eigenvalue weighted by Gasteiger charge is -2.09. The SMILES string of the molecule is C=CC(=C)c1nc(-c2ccccc2)nc(-c2cccc3oc4ccc(-c5cccc6c5sc5c(-c7ccccc7)cccc56)cc4c23)n1. The standard InChI is InChI=1S/C43H27N3OS/c1-3-26(2)41-44-42(28-15-8-5-9-16-28)46-43(45-41)34-21-12-22-37-38(34)35-25-29(23-24-36(35)47-37)31-18-11-20-33-32-19-10-17-30(39(32)48-40(31)33)27-13-6-4-7-14-27/h3-25H,1-2H2. The van der Waals surface area contributed by atoms with Gasteiger partial charge in [-0.05, 0) is 40.5 Å². The average Bonchev–Trinajstić information content (AvgIpc) is 3.73. The van der Waals surface area contributed by atoms with E-state index in [0.29, 0.717) is 23.0 Å². The molecule has 226 valence electrons. The van der Waals surface area contributed by atoms with Gasteiger partial charge in [0, 0.05) is 47.6 Å². The Labute approximate surface area is 281 Å². The van der Waals surface area contributed by atoms with Gasteiger partial charge in [-0.15, -0.1) is 11.3 Å². The van der Waals surface area contributed by atoms with E-state index in [4.69, 9.17) is 19.4 Å². The largest absolute Gasteiger partial charge is 0.456 e. The van der Waals surface area contributed by atoms with E-state index in [0.717, 1.165) is 38.6 Å². The highest BCUT2D eigenvalue weighted by Gasteiger charge is 2.19. The minimum absolute atomic E-state index is 0.491. The van der Waals surface area contributed by atoms with Crippen molar-refractivity contribution in [2.24, 2.45) is 0 Å². The zero-order valence-corrected chi connectivity index (χ0v) is 26.7. The fourth-order valence-corrected chi connectivity index (χ4v) is 7.89. The van der Waals surface area contributed by atoms with Crippen LogP contribution in [0.1, 0.15) is 5.82 Å². The molecular formula is C43H27N3OS. The lowest BCUT2D eigenvalue weighted by atomic mass is 9.98. The molecule has 0 saturated heterocycles. The molecular weight excluding hydrogens is 607 g/mol. The van der Waals surface area contributed by atoms with Crippen LogP contribution in [0.2, 0.25) is 0 Å². The van der Waals surface area contributed by atoms with E-state index in [-0.39, 0.29) is 0 Å². The zero-order chi connectivity index (χ0) is 32.2. The number of hydrogen-bond acceptors (Lipinski definition) is 5. The van der Waals surface area contributed by atoms with Crippen LogP contribution in [0.3, 0.4) is 0 Å². The molecule has 5 heteroatoms. The van der Waals surface area contributed by atoms with Crippen molar-refractivity contribution in [2.45, 2.75) is 0 Å². The van der Waals surface area contributed by atoms with Crippen molar-refractivity contribution in [3.63, 3.8) is 0 Å². The van der Waals surface area contributed by atoms with E-state index in [2.05, 4.69) is 98.1 Å². The summed E-state index contributed by atoms with van der Waals surface area (Å²) in [5.74, 6) is 1.63. The Morgan fingerprint density at radius 1 is 0.542 bits per heavy atom. The summed E-state index contributed by atoms with van der Waals surface area (Å²) in [6, 6.07) is 46.3. The summed E-state index contributed by atoms with van der Waals surface area (Å²) in [5.41, 5.74) is 8.79. The number of nitrogens with zero attached hydrogens (tertiary/aromatic N) is 3. The Kier molecular flexibility index (Phi) is 6.59. The maximum atomic E-state index is 6.42. The summed E-state index contributed by atoms with van der Waals surface area (Å²) in [5, 5.41) is 4.50. The van der Waals surface area contributed by atoms with Gasteiger partial charge < -0.3 is 4.42 Å². The van der Waals surface area contributed by atoms with Crippen molar-refractivity contribution in [2.75, 3.05) is 0 Å². The van der Waals surface area contributed by atoms with E-state index in [1.54, 1.807) is 6.08 Å². The molecule has 4 nitrogen and oxygen atoms in total. The third kappa shape index (κ3) is 4.55. The predicted molar refractivity (Wildman–Crippen MR) is 201 cm³/mol. The van der Waals surface area contributed by atoms with Crippen LogP contribution in [0, 0.1) is 0 Å². The molecule has 0 saturated carbocycles. The van der Waals surface area contributed by atoms with Crippen LogP contribution in [0.5, 0.6) is 0 Å². The Balaban J connectivity index is 1.25. The highest BCUT2D eigenvalue weighted by atomic mass is 32.1. The van der Waals surface area contributed by atoms with E-state index >= 15 is 0 Å². The van der Waals surface area contributed by atoms with E-state index < -0.39 is 0 Å². The molecule has 0 spiro atoms. The smallest absolute Gasteiger partial charge is 0.164 e. The molecule has 9 rings (SSSR count). The van der Waals surface area contributed by atoms with Gasteiger partial charge in [0.15, 0.2) is 17.5 Å². The summed E-state index contributed by atoms with van der Waals surface area (Å²) < 4.78 is 8.98. The number of allylic oxidation sites excluding steroid dienone is 2. The van der Waals surface area contributed by atoms with Gasteiger partial charge in [-0.1, -0.05) is 134 Å². The summed E-state index contributed by atoms with van der Waals surface area (Å²) in [6.45, 7) is 8.04. The lowest BCUT2D eigenvalue weighted by molar-refractivity contribution is 0.669. The molecule has 0 unspecified atom stereocenters. The molecule has 0 aliphatic carbocycles. The Morgan fingerprint density at radius 3 is 1.88 bits per heavy atom. The highest BCUT2D eigenvalue weighted by molar-refractivity contribution is 7.26. The first-order valence-electron chi connectivity index (χ1n) is 15.8. The number of furan rings is 1. The molecule has 0 radical (unpaired) electrons. The Morgan fingerprint density at radius 2 is 1.17 bits per heavy atom. The van der Waals surface area contributed by atoms with Gasteiger partial charge >= 0.3 is 0 Å². The van der Waals surface area contributed by atoms with Gasteiger partial charge in [-0.3, -0.25) is 0 Å². The van der Waals surface area contributed by atoms with Crippen molar-refractivity contribution >= 4 is 59.0 Å². The predicted octanol–water partition coefficient (Wildman–Crippen LogP) is 12.0. The fourth-order valence-electron chi connectivity index (χ4n) is 6.52. The zero-order valence-electron chi connectivity index (χ0n) is 25.9. The van der Waals surface area contributed by atoms with E-state index in [1.807, 2.05) is 59.9 Å². The number of benzene rings is 6. The van der Waals surface area contributed by atoms with Crippen molar-refractivity contribution < 1.29 is 4.42 Å². The maximum Gasteiger partial charge on any atom is 0.164 e. The second-order valence-corrected chi connectivity index (χ2v) is 12.7. The topological polar surface area (TPSA) is 51.8 Å². The van der Waals surface area contributed by atoms with Crippen LogP contribution in [-0.4, -0.2) is 15.0 Å². The second kappa shape index (κ2) is 11.3. The molecule has 0 N–H and O–H groups in total. The lowest BCUT2D eigenvalue weighted by Crippen LogP contribution is -2.02. The van der Waals surface area contributed by atoms with Crippen LogP contribution in [0.15, 0.2) is 157 Å². The molecule has 0 amide bonds. The van der Waals surface area contributed by atoms with Gasteiger partial charge in [0.2, 0.25) is 0 Å². The number of fused-ring (bicyclic) bond motifs is 6. The monoisotopic (exact) mass is 633 g/mol. The molecule has 0 atom stereocenters. The molecule has 6 aromatic carbocycles. The van der Waals surface area contributed by atoms with Gasteiger partial charge in [0.1, 0.15) is 11.2 Å². The number of rotatable bonds is 6. The van der Waals surface area contributed by atoms with Crippen molar-refractivity contribution in [3.05, 3.63) is 159 Å². The van der Waals surface area contributed by atoms with Crippen molar-refractivity contribution in [3.8, 4) is 45.0 Å². The summed E-state index contributed by atoms with van der Waals surface area (Å²) in [6.07, 6.45) is 1.67. The first-order valence-corrected chi connectivity index (χ1v) is 16.6. The summed E-state index contributed by atoms with van der Waals surface area (Å²) in [4.78, 5) is 14.6. The molecule has 9 aromatic rings. The molecule has 48 heavy (non-hydrogen) atoms. The van der Waals surface area contributed by atoms with Gasteiger partial charge in [0.05, 0.1) is 0 Å². The van der Waals surface area contributed by atoms with Crippen LogP contribution in [0.4, 0.5) is 0 Å². The Hall–Kier alpha value is -6.17. The molecule has 3 heterocycles. The number of thiophene rings is 1. The third-order valence-corrected chi connectivity index (χ3v) is 10.1. The van der Waals surface area contributed by atoms with E-state index in [1.165, 1.54) is 36.9 Å². The Bertz CT molecular complexity index is 2710. The summed E-state index contributed by atoms with van der Waals surface area (Å²) >= 11 is 1.85. The first kappa shape index (κ1) is 28.1. The molecule has 0 fully saturated rings. The van der Waals surface area contributed by atoms with Gasteiger partial charge in [-0.25, -0.2) is 15.0 Å². The minimum atomic E-state index is 0.491. The quantitative estimate of drug-likeness (QED) is 0.171. The van der Waals surface area contributed by atoms with Crippen LogP contribution < -0.4 is 0 Å². The number of aromatic nitrogens is 3. The van der Waals surface area contributed by atoms with Crippen LogP contribution in [-0.2, 0) is 0 Å². The molecule has 0 bridgehead atoms. The van der Waals surface area contributed by atoms with Crippen LogP contribution >= 0.6 is 11.3 Å². The normalized spacial score (nSPS) is 11.5. The minimum Gasteiger partial charge on any atom is -0.456 e. The second-order valence-electron chi connectivity index (χ2n) is 11.7. The third-order valence-electron chi connectivity index (χ3n) is 8.86. The van der Waals surface area contributed by atoms with Crippen molar-refractivity contribution in [1.82, 2.24) is 15.0 Å². The molecule has 3 aromatic heterocycles. The number of hydrogen-bond donors (Lipinski definition) is 0. The molecule has 0 aliphatic heterocycles. The van der Waals surface area contributed by atoms with Crippen molar-refractivity contribution in [1.29, 1.82) is 0 Å². The van der Waals surface area contributed by atoms with Gasteiger partial charge in [0.25, 0.3) is 0 Å². The van der Waals surface area contributed by atoms with Gasteiger partial charge in [-0.2, -0.15) is 0 Å². The average molecular weight is 634 g/mol. The summed E-state index contributed by atoms with van der Waals surface area (Å²) in [7, 11) is 0. The maximum absolute atomic E-state index is 6.42. The van der Waals surface area contributed by atoms with E-state index in [9.17, 15) is 0 Å². The fraction of sp³-hybridized carbons (Fsp3) is 0. The first-order chi connectivity index (χ1) is 23.7. The highest BCUT2D eigenvalue weighted by Crippen LogP contribution is 2.45. The molecule has 0 aliphatic rings.